The van der Waals surface area contributed by atoms with Gasteiger partial charge in [0.25, 0.3) is 0 Å². The Morgan fingerprint density at radius 1 is 1.55 bits per heavy atom. The van der Waals surface area contributed by atoms with Crippen LogP contribution in [-0.2, 0) is 9.53 Å². The van der Waals surface area contributed by atoms with Crippen LogP contribution in [0.25, 0.3) is 0 Å². The van der Waals surface area contributed by atoms with Crippen molar-refractivity contribution in [2.45, 2.75) is 12.5 Å². The van der Waals surface area contributed by atoms with Gasteiger partial charge in [-0.1, -0.05) is 11.6 Å². The Morgan fingerprint density at radius 2 is 2.25 bits per heavy atom. The lowest BCUT2D eigenvalue weighted by molar-refractivity contribution is -0.385. The fourth-order valence-electron chi connectivity index (χ4n) is 1.56. The number of nitro benzene ring substituents is 1. The summed E-state index contributed by atoms with van der Waals surface area (Å²) in [6.07, 6.45) is 0.312. The van der Waals surface area contributed by atoms with Crippen molar-refractivity contribution in [3.8, 4) is 5.75 Å². The SMILES string of the molecule is CNC(CCOc1cc(Cl)ccc1[N+](=O)[O-])C(=O)OC. The number of likely N-dealkylation sites (N-methyl/N-ethyl adjacent to an activating group) is 1. The molecule has 8 heteroatoms. The standard InChI is InChI=1S/C12H15ClN2O5/c1-14-9(12(16)19-2)5-6-20-11-7-8(13)3-4-10(11)15(17)18/h3-4,7,9,14H,5-6H2,1-2H3. The fourth-order valence-corrected chi connectivity index (χ4v) is 1.73. The predicted molar refractivity (Wildman–Crippen MR) is 73.1 cm³/mol. The second-order valence-electron chi connectivity index (χ2n) is 3.87. The summed E-state index contributed by atoms with van der Waals surface area (Å²) in [6, 6.07) is 3.52. The van der Waals surface area contributed by atoms with Gasteiger partial charge in [-0.2, -0.15) is 0 Å². The number of nitrogens with zero attached hydrogens (tertiary/aromatic N) is 1. The first-order chi connectivity index (χ1) is 9.49. The van der Waals surface area contributed by atoms with Gasteiger partial charge in [0.15, 0.2) is 5.75 Å². The van der Waals surface area contributed by atoms with E-state index < -0.39 is 16.9 Å². The first kappa shape index (κ1) is 16.2. The molecule has 0 bridgehead atoms. The molecule has 1 N–H and O–H groups in total. The summed E-state index contributed by atoms with van der Waals surface area (Å²) in [7, 11) is 2.90. The average Bonchev–Trinajstić information content (AvgIpc) is 2.42. The molecule has 110 valence electrons. The molecule has 0 aromatic heterocycles. The van der Waals surface area contributed by atoms with Crippen molar-refractivity contribution in [1.29, 1.82) is 0 Å². The van der Waals surface area contributed by atoms with E-state index in [1.54, 1.807) is 7.05 Å². The second kappa shape index (κ2) is 7.66. The summed E-state index contributed by atoms with van der Waals surface area (Å²) < 4.78 is 9.93. The molecule has 0 fully saturated rings. The Balaban J connectivity index is 2.68. The van der Waals surface area contributed by atoms with Crippen molar-refractivity contribution in [3.63, 3.8) is 0 Å². The van der Waals surface area contributed by atoms with Gasteiger partial charge in [-0.15, -0.1) is 0 Å². The highest BCUT2D eigenvalue weighted by atomic mass is 35.5. The molecule has 0 aliphatic heterocycles. The molecule has 1 atom stereocenters. The van der Waals surface area contributed by atoms with Crippen LogP contribution in [-0.4, -0.2) is 37.7 Å². The zero-order valence-corrected chi connectivity index (χ0v) is 11.8. The van der Waals surface area contributed by atoms with Crippen LogP contribution in [0, 0.1) is 10.1 Å². The maximum atomic E-state index is 11.3. The van der Waals surface area contributed by atoms with Gasteiger partial charge < -0.3 is 14.8 Å². The molecular formula is C12H15ClN2O5. The number of methoxy groups -OCH3 is 1. The largest absolute Gasteiger partial charge is 0.487 e. The number of halogens is 1. The summed E-state index contributed by atoms with van der Waals surface area (Å²) in [5.74, 6) is -0.348. The molecule has 0 radical (unpaired) electrons. The molecule has 0 aliphatic carbocycles. The van der Waals surface area contributed by atoms with Crippen LogP contribution in [0.15, 0.2) is 18.2 Å². The minimum absolute atomic E-state index is 0.0715. The number of ether oxygens (including phenoxy) is 2. The van der Waals surface area contributed by atoms with Crippen molar-refractivity contribution in [3.05, 3.63) is 33.3 Å². The third-order valence-corrected chi connectivity index (χ3v) is 2.85. The van der Waals surface area contributed by atoms with Crippen molar-refractivity contribution in [2.24, 2.45) is 0 Å². The lowest BCUT2D eigenvalue weighted by Gasteiger charge is -2.14. The number of carbonyl (C=O) groups excluding carboxylic acids is 1. The van der Waals surface area contributed by atoms with Crippen LogP contribution in [0.2, 0.25) is 5.02 Å². The van der Waals surface area contributed by atoms with Crippen molar-refractivity contribution < 1.29 is 19.2 Å². The molecule has 1 rings (SSSR count). The van der Waals surface area contributed by atoms with E-state index in [1.165, 1.54) is 25.3 Å². The normalized spacial score (nSPS) is 11.8. The summed E-state index contributed by atoms with van der Waals surface area (Å²) in [6.45, 7) is 0.113. The molecule has 20 heavy (non-hydrogen) atoms. The maximum Gasteiger partial charge on any atom is 0.322 e. The van der Waals surface area contributed by atoms with E-state index in [0.717, 1.165) is 0 Å². The lowest BCUT2D eigenvalue weighted by atomic mass is 10.2. The lowest BCUT2D eigenvalue weighted by Crippen LogP contribution is -2.36. The third kappa shape index (κ3) is 4.36. The molecule has 1 aromatic rings. The van der Waals surface area contributed by atoms with Crippen LogP contribution in [0.3, 0.4) is 0 Å². The zero-order valence-electron chi connectivity index (χ0n) is 11.1. The van der Waals surface area contributed by atoms with Gasteiger partial charge >= 0.3 is 11.7 Å². The van der Waals surface area contributed by atoms with Crippen molar-refractivity contribution in [1.82, 2.24) is 5.32 Å². The Hall–Kier alpha value is -1.86. The predicted octanol–water partition coefficient (Wildman–Crippen LogP) is 1.78. The van der Waals surface area contributed by atoms with Crippen LogP contribution < -0.4 is 10.1 Å². The molecule has 0 saturated heterocycles. The van der Waals surface area contributed by atoms with Gasteiger partial charge in [-0.05, 0) is 13.1 Å². The number of nitrogens with one attached hydrogen (secondary N) is 1. The van der Waals surface area contributed by atoms with Gasteiger partial charge in [-0.25, -0.2) is 0 Å². The molecule has 1 aromatic carbocycles. The number of carbonyl (C=O) groups is 1. The highest BCUT2D eigenvalue weighted by Crippen LogP contribution is 2.29. The van der Waals surface area contributed by atoms with Crippen LogP contribution in [0.5, 0.6) is 5.75 Å². The van der Waals surface area contributed by atoms with Gasteiger partial charge in [-0.3, -0.25) is 14.9 Å². The van der Waals surface area contributed by atoms with Gasteiger partial charge in [0.1, 0.15) is 6.04 Å². The summed E-state index contributed by atoms with van der Waals surface area (Å²) in [4.78, 5) is 21.6. The summed E-state index contributed by atoms with van der Waals surface area (Å²) in [5.41, 5.74) is -0.173. The highest BCUT2D eigenvalue weighted by Gasteiger charge is 2.19. The van der Waals surface area contributed by atoms with E-state index in [-0.39, 0.29) is 18.0 Å². The number of hydrogen-bond acceptors (Lipinski definition) is 6. The first-order valence-corrected chi connectivity index (χ1v) is 6.19. The van der Waals surface area contributed by atoms with Gasteiger partial charge in [0, 0.05) is 23.6 Å². The van der Waals surface area contributed by atoms with Crippen molar-refractivity contribution in [2.75, 3.05) is 20.8 Å². The third-order valence-electron chi connectivity index (χ3n) is 2.62. The summed E-state index contributed by atoms with van der Waals surface area (Å²) >= 11 is 5.77. The number of rotatable bonds is 7. The molecule has 0 spiro atoms. The molecule has 0 aliphatic rings. The Morgan fingerprint density at radius 3 is 2.80 bits per heavy atom. The monoisotopic (exact) mass is 302 g/mol. The van der Waals surface area contributed by atoms with E-state index in [2.05, 4.69) is 10.1 Å². The minimum Gasteiger partial charge on any atom is -0.487 e. The van der Waals surface area contributed by atoms with Gasteiger partial charge in [0.2, 0.25) is 0 Å². The highest BCUT2D eigenvalue weighted by molar-refractivity contribution is 6.30. The van der Waals surface area contributed by atoms with E-state index in [0.29, 0.717) is 11.4 Å². The van der Waals surface area contributed by atoms with Crippen molar-refractivity contribution >= 4 is 23.3 Å². The number of benzene rings is 1. The number of hydrogen-bond donors (Lipinski definition) is 1. The molecular weight excluding hydrogens is 288 g/mol. The smallest absolute Gasteiger partial charge is 0.322 e. The minimum atomic E-state index is -0.554. The Labute approximate surface area is 121 Å². The number of esters is 1. The molecule has 7 nitrogen and oxygen atoms in total. The zero-order chi connectivity index (χ0) is 15.1. The Bertz CT molecular complexity index is 495. The number of nitro groups is 1. The van der Waals surface area contributed by atoms with Crippen LogP contribution in [0.1, 0.15) is 6.42 Å². The van der Waals surface area contributed by atoms with E-state index >= 15 is 0 Å². The quantitative estimate of drug-likeness (QED) is 0.469. The molecule has 1 unspecified atom stereocenters. The molecule has 0 saturated carbocycles. The van der Waals surface area contributed by atoms with E-state index in [1.807, 2.05) is 0 Å². The summed E-state index contributed by atoms with van der Waals surface area (Å²) in [5, 5.41) is 13.9. The molecule has 0 amide bonds. The van der Waals surface area contributed by atoms with Gasteiger partial charge in [0.05, 0.1) is 18.6 Å². The topological polar surface area (TPSA) is 90.7 Å². The van der Waals surface area contributed by atoms with E-state index in [9.17, 15) is 14.9 Å². The average molecular weight is 303 g/mol. The molecule has 0 heterocycles. The fraction of sp³-hybridized carbons (Fsp3) is 0.417. The van der Waals surface area contributed by atoms with E-state index in [4.69, 9.17) is 16.3 Å². The van der Waals surface area contributed by atoms with Crippen LogP contribution in [0.4, 0.5) is 5.69 Å². The Kier molecular flexibility index (Phi) is 6.20. The maximum absolute atomic E-state index is 11.3. The second-order valence-corrected chi connectivity index (χ2v) is 4.31. The van der Waals surface area contributed by atoms with Crippen LogP contribution >= 0.6 is 11.6 Å². The first-order valence-electron chi connectivity index (χ1n) is 5.81.